The second kappa shape index (κ2) is 6.48. The van der Waals surface area contributed by atoms with Gasteiger partial charge in [0.15, 0.2) is 5.78 Å². The highest BCUT2D eigenvalue weighted by atomic mass is 79.9. The molecule has 0 spiro atoms. The predicted octanol–water partition coefficient (Wildman–Crippen LogP) is 3.38. The van der Waals surface area contributed by atoms with Crippen LogP contribution in [0, 0.1) is 11.3 Å². The topological polar surface area (TPSA) is 78.9 Å². The lowest BCUT2D eigenvalue weighted by molar-refractivity contribution is 0.100. The van der Waals surface area contributed by atoms with Crippen LogP contribution in [0.1, 0.15) is 15.9 Å². The van der Waals surface area contributed by atoms with Crippen LogP contribution in [0.25, 0.3) is 0 Å². The third kappa shape index (κ3) is 2.92. The zero-order chi connectivity index (χ0) is 14.7. The summed E-state index contributed by atoms with van der Waals surface area (Å²) in [7, 11) is 0. The molecule has 1 aromatic heterocycles. The Morgan fingerprint density at radius 2 is 2.40 bits per heavy atom. The van der Waals surface area contributed by atoms with Crippen LogP contribution in [0.2, 0.25) is 0 Å². The van der Waals surface area contributed by atoms with Gasteiger partial charge in [0.2, 0.25) is 0 Å². The molecule has 20 heavy (non-hydrogen) atoms. The first kappa shape index (κ1) is 15.2. The normalized spacial score (nSPS) is 20.6. The van der Waals surface area contributed by atoms with Crippen molar-refractivity contribution in [1.29, 1.82) is 5.26 Å². The highest BCUT2D eigenvalue weighted by Crippen LogP contribution is 2.40. The van der Waals surface area contributed by atoms with E-state index < -0.39 is 0 Å². The zero-order valence-electron chi connectivity index (χ0n) is 10.4. The number of carbonyl (C=O) groups is 1. The molecule has 0 fully saturated rings. The number of halogens is 1. The molecule has 7 heteroatoms. The minimum absolute atomic E-state index is 0.0933. The summed E-state index contributed by atoms with van der Waals surface area (Å²) in [6.45, 7) is 4.14. The van der Waals surface area contributed by atoms with E-state index in [4.69, 9.17) is 5.73 Å². The lowest BCUT2D eigenvalue weighted by atomic mass is 10.1. The zero-order valence-corrected chi connectivity index (χ0v) is 13.6. The molecule has 0 saturated carbocycles. The van der Waals surface area contributed by atoms with E-state index in [0.29, 0.717) is 22.1 Å². The molecule has 1 aliphatic heterocycles. The van der Waals surface area contributed by atoms with Crippen molar-refractivity contribution in [2.75, 3.05) is 17.6 Å². The molecule has 2 unspecified atom stereocenters. The quantitative estimate of drug-likeness (QED) is 0.472. The summed E-state index contributed by atoms with van der Waals surface area (Å²) in [6, 6.07) is 2.03. The fraction of sp³-hybridized carbons (Fsp3) is 0.231. The van der Waals surface area contributed by atoms with Crippen molar-refractivity contribution in [3.63, 3.8) is 0 Å². The second-order valence-electron chi connectivity index (χ2n) is 3.98. The molecule has 104 valence electrons. The summed E-state index contributed by atoms with van der Waals surface area (Å²) in [5.41, 5.74) is 6.48. The van der Waals surface area contributed by atoms with Gasteiger partial charge in [-0.25, -0.2) is 0 Å². The van der Waals surface area contributed by atoms with E-state index in [2.05, 4.69) is 27.8 Å². The van der Waals surface area contributed by atoms with Crippen LogP contribution < -0.4 is 11.1 Å². The van der Waals surface area contributed by atoms with Crippen molar-refractivity contribution >= 4 is 54.8 Å². The summed E-state index contributed by atoms with van der Waals surface area (Å²) < 4.78 is 0.127. The molecule has 0 bridgehead atoms. The van der Waals surface area contributed by atoms with Crippen LogP contribution in [-0.4, -0.2) is 21.7 Å². The monoisotopic (exact) mass is 369 g/mol. The molecule has 2 rings (SSSR count). The SMILES string of the molecule is C=CCNc1sc(N)c(C#N)c1C(=O)C1C=CC(Br)S1. The van der Waals surface area contributed by atoms with Crippen LogP contribution in [0.15, 0.2) is 24.8 Å². The van der Waals surface area contributed by atoms with E-state index in [1.54, 1.807) is 6.08 Å². The number of nitriles is 1. The third-order valence-corrected chi connectivity index (χ3v) is 5.68. The summed E-state index contributed by atoms with van der Waals surface area (Å²) in [5.74, 6) is -0.0933. The molecule has 2 heterocycles. The van der Waals surface area contributed by atoms with E-state index in [9.17, 15) is 10.1 Å². The maximum absolute atomic E-state index is 12.6. The van der Waals surface area contributed by atoms with E-state index in [1.165, 1.54) is 23.1 Å². The Hall–Kier alpha value is -1.23. The maximum Gasteiger partial charge on any atom is 0.184 e. The molecule has 0 radical (unpaired) electrons. The van der Waals surface area contributed by atoms with Gasteiger partial charge in [-0.3, -0.25) is 4.79 Å². The van der Waals surface area contributed by atoms with Gasteiger partial charge in [-0.05, 0) is 0 Å². The second-order valence-corrected chi connectivity index (χ2v) is 7.92. The Morgan fingerprint density at radius 1 is 1.65 bits per heavy atom. The van der Waals surface area contributed by atoms with E-state index in [1.807, 2.05) is 18.2 Å². The number of nitrogen functional groups attached to an aromatic ring is 1. The molecule has 0 aliphatic carbocycles. The van der Waals surface area contributed by atoms with Crippen molar-refractivity contribution in [1.82, 2.24) is 0 Å². The molecule has 0 amide bonds. The highest BCUT2D eigenvalue weighted by molar-refractivity contribution is 9.11. The Balaban J connectivity index is 2.38. The summed E-state index contributed by atoms with van der Waals surface area (Å²) in [6.07, 6.45) is 5.46. The van der Waals surface area contributed by atoms with Crippen LogP contribution in [0.4, 0.5) is 10.0 Å². The lowest BCUT2D eigenvalue weighted by Crippen LogP contribution is -2.16. The van der Waals surface area contributed by atoms with Gasteiger partial charge in [-0.1, -0.05) is 45.5 Å². The largest absolute Gasteiger partial charge is 0.389 e. The average Bonchev–Trinajstić information content (AvgIpc) is 2.99. The molecular formula is C13H12BrN3OS2. The average molecular weight is 370 g/mol. The van der Waals surface area contributed by atoms with E-state index in [-0.39, 0.29) is 20.8 Å². The lowest BCUT2D eigenvalue weighted by Gasteiger charge is -2.09. The molecule has 3 N–H and O–H groups in total. The van der Waals surface area contributed by atoms with Crippen LogP contribution in [0.5, 0.6) is 0 Å². The Kier molecular flexibility index (Phi) is 4.91. The van der Waals surface area contributed by atoms with Gasteiger partial charge in [0.05, 0.1) is 20.5 Å². The van der Waals surface area contributed by atoms with Gasteiger partial charge >= 0.3 is 0 Å². The minimum Gasteiger partial charge on any atom is -0.389 e. The number of anilines is 2. The third-order valence-electron chi connectivity index (χ3n) is 2.67. The van der Waals surface area contributed by atoms with Crippen LogP contribution in [-0.2, 0) is 0 Å². The fourth-order valence-corrected chi connectivity index (χ4v) is 4.48. The Labute approximate surface area is 133 Å². The van der Waals surface area contributed by atoms with Gasteiger partial charge < -0.3 is 11.1 Å². The molecule has 1 aromatic rings. The standard InChI is InChI=1S/C13H12BrN3OS2/c1-2-5-17-13-10(7(6-15)12(16)20-13)11(18)8-3-4-9(14)19-8/h2-4,8-9,17H,1,5,16H2. The number of thioether (sulfide) groups is 1. The molecular weight excluding hydrogens is 358 g/mol. The van der Waals surface area contributed by atoms with Crippen molar-refractivity contribution in [2.24, 2.45) is 0 Å². The molecule has 2 atom stereocenters. The highest BCUT2D eigenvalue weighted by Gasteiger charge is 2.31. The van der Waals surface area contributed by atoms with Crippen molar-refractivity contribution < 1.29 is 4.79 Å². The number of nitrogens with one attached hydrogen (secondary N) is 1. The number of alkyl halides is 1. The smallest absolute Gasteiger partial charge is 0.184 e. The van der Waals surface area contributed by atoms with Gasteiger partial charge in [0, 0.05) is 6.54 Å². The molecule has 0 saturated heterocycles. The number of carbonyl (C=O) groups excluding carboxylic acids is 1. The number of hydrogen-bond donors (Lipinski definition) is 2. The Morgan fingerprint density at radius 3 is 2.95 bits per heavy atom. The minimum atomic E-state index is -0.287. The molecule has 1 aliphatic rings. The number of rotatable bonds is 5. The van der Waals surface area contributed by atoms with Crippen LogP contribution >= 0.6 is 39.0 Å². The van der Waals surface area contributed by atoms with Gasteiger partial charge in [-0.15, -0.1) is 18.3 Å². The van der Waals surface area contributed by atoms with E-state index in [0.717, 1.165) is 0 Å². The van der Waals surface area contributed by atoms with Crippen LogP contribution in [0.3, 0.4) is 0 Å². The number of thiophene rings is 1. The van der Waals surface area contributed by atoms with E-state index >= 15 is 0 Å². The van der Waals surface area contributed by atoms with Gasteiger partial charge in [0.1, 0.15) is 16.1 Å². The summed E-state index contributed by atoms with van der Waals surface area (Å²) in [4.78, 5) is 12.6. The number of nitrogens with two attached hydrogens (primary N) is 1. The first-order valence-corrected chi connectivity index (χ1v) is 8.45. The van der Waals surface area contributed by atoms with Gasteiger partial charge in [-0.2, -0.15) is 5.26 Å². The summed E-state index contributed by atoms with van der Waals surface area (Å²) in [5, 5.41) is 13.0. The van der Waals surface area contributed by atoms with Gasteiger partial charge in [0.25, 0.3) is 0 Å². The summed E-state index contributed by atoms with van der Waals surface area (Å²) >= 11 is 6.14. The first-order chi connectivity index (χ1) is 9.58. The number of Topliss-reactive ketones (excluding diaryl/α,β-unsaturated/α-hetero) is 1. The predicted molar refractivity (Wildman–Crippen MR) is 89.7 cm³/mol. The number of ketones is 1. The van der Waals surface area contributed by atoms with Crippen molar-refractivity contribution in [2.45, 2.75) is 9.41 Å². The Bertz CT molecular complexity index is 618. The molecule has 0 aromatic carbocycles. The first-order valence-electron chi connectivity index (χ1n) is 5.77. The molecule has 4 nitrogen and oxygen atoms in total. The van der Waals surface area contributed by atoms with Crippen molar-refractivity contribution in [3.8, 4) is 6.07 Å². The van der Waals surface area contributed by atoms with Crippen molar-refractivity contribution in [3.05, 3.63) is 35.9 Å². The maximum atomic E-state index is 12.6. The number of hydrogen-bond acceptors (Lipinski definition) is 6. The number of nitrogens with zero attached hydrogens (tertiary/aromatic N) is 1. The fourth-order valence-electron chi connectivity index (χ4n) is 1.79.